The number of morpholine rings is 1. The highest BCUT2D eigenvalue weighted by molar-refractivity contribution is 5.83. The molecular weight excluding hydrogens is 292 g/mol. The van der Waals surface area contributed by atoms with Crippen molar-refractivity contribution in [1.82, 2.24) is 19.8 Å². The molecule has 1 fully saturated rings. The first-order valence-electron chi connectivity index (χ1n) is 8.25. The number of imidazole rings is 1. The predicted octanol–water partition coefficient (Wildman–Crippen LogP) is 1.44. The lowest BCUT2D eigenvalue weighted by Crippen LogP contribution is -2.38. The molecule has 1 aromatic carbocycles. The van der Waals surface area contributed by atoms with Crippen LogP contribution >= 0.6 is 0 Å². The van der Waals surface area contributed by atoms with Gasteiger partial charge in [-0.05, 0) is 32.0 Å². The van der Waals surface area contributed by atoms with E-state index in [1.54, 1.807) is 6.33 Å². The topological polar surface area (TPSA) is 59.4 Å². The molecule has 6 heteroatoms. The fourth-order valence-corrected chi connectivity index (χ4v) is 2.90. The minimum atomic E-state index is -0.259. The monoisotopic (exact) mass is 316 g/mol. The van der Waals surface area contributed by atoms with Crippen LogP contribution in [0, 0.1) is 0 Å². The molecule has 6 nitrogen and oxygen atoms in total. The van der Waals surface area contributed by atoms with Crippen molar-refractivity contribution < 1.29 is 9.53 Å². The van der Waals surface area contributed by atoms with E-state index in [0.717, 1.165) is 50.3 Å². The summed E-state index contributed by atoms with van der Waals surface area (Å²) in [5, 5.41) is 3.03. The van der Waals surface area contributed by atoms with Crippen molar-refractivity contribution in [3.05, 3.63) is 30.6 Å². The number of carbonyl (C=O) groups excluding carboxylic acids is 1. The third-order valence-electron chi connectivity index (χ3n) is 4.33. The summed E-state index contributed by atoms with van der Waals surface area (Å²) in [4.78, 5) is 19.1. The number of amides is 1. The smallest absolute Gasteiger partial charge is 0.242 e. The summed E-state index contributed by atoms with van der Waals surface area (Å²) in [5.41, 5.74) is 1.91. The van der Waals surface area contributed by atoms with Crippen molar-refractivity contribution in [1.29, 1.82) is 0 Å². The van der Waals surface area contributed by atoms with Gasteiger partial charge < -0.3 is 14.6 Å². The number of nitrogens with one attached hydrogen (secondary N) is 1. The van der Waals surface area contributed by atoms with Crippen LogP contribution in [0.2, 0.25) is 0 Å². The lowest BCUT2D eigenvalue weighted by atomic mass is 10.2. The van der Waals surface area contributed by atoms with Crippen molar-refractivity contribution in [2.45, 2.75) is 19.4 Å². The Morgan fingerprint density at radius 2 is 2.13 bits per heavy atom. The molecule has 2 aromatic rings. The average molecular weight is 316 g/mol. The van der Waals surface area contributed by atoms with Crippen LogP contribution in [0.25, 0.3) is 11.0 Å². The van der Waals surface area contributed by atoms with E-state index in [0.29, 0.717) is 6.54 Å². The predicted molar refractivity (Wildman–Crippen MR) is 89.3 cm³/mol. The first-order valence-corrected chi connectivity index (χ1v) is 8.25. The minimum Gasteiger partial charge on any atom is -0.379 e. The van der Waals surface area contributed by atoms with Gasteiger partial charge in [0.1, 0.15) is 6.04 Å². The molecule has 1 saturated heterocycles. The van der Waals surface area contributed by atoms with E-state index in [-0.39, 0.29) is 11.9 Å². The van der Waals surface area contributed by atoms with E-state index in [2.05, 4.69) is 15.2 Å². The molecule has 23 heavy (non-hydrogen) atoms. The minimum absolute atomic E-state index is 0.0372. The van der Waals surface area contributed by atoms with Gasteiger partial charge in [0, 0.05) is 19.6 Å². The van der Waals surface area contributed by atoms with Gasteiger partial charge in [-0.3, -0.25) is 9.69 Å². The van der Waals surface area contributed by atoms with Crippen LogP contribution in [0.5, 0.6) is 0 Å². The number of aromatic nitrogens is 2. The summed E-state index contributed by atoms with van der Waals surface area (Å²) in [6.45, 7) is 7.23. The van der Waals surface area contributed by atoms with Crippen LogP contribution in [0.3, 0.4) is 0 Å². The molecule has 1 unspecified atom stereocenters. The highest BCUT2D eigenvalue weighted by Gasteiger charge is 2.16. The molecule has 0 bridgehead atoms. The number of benzene rings is 1. The Bertz CT molecular complexity index is 649. The second-order valence-corrected chi connectivity index (χ2v) is 5.92. The van der Waals surface area contributed by atoms with Crippen LogP contribution in [0.15, 0.2) is 30.6 Å². The van der Waals surface area contributed by atoms with Crippen molar-refractivity contribution in [3.63, 3.8) is 0 Å². The van der Waals surface area contributed by atoms with Gasteiger partial charge in [-0.1, -0.05) is 12.1 Å². The number of para-hydroxylation sites is 2. The van der Waals surface area contributed by atoms with Crippen LogP contribution in [0.4, 0.5) is 0 Å². The highest BCUT2D eigenvalue weighted by atomic mass is 16.5. The zero-order valence-corrected chi connectivity index (χ0v) is 13.6. The van der Waals surface area contributed by atoms with Crippen molar-refractivity contribution in [2.24, 2.45) is 0 Å². The Kier molecular flexibility index (Phi) is 5.25. The molecule has 0 spiro atoms. The van der Waals surface area contributed by atoms with Gasteiger partial charge in [0.15, 0.2) is 0 Å². The molecule has 2 heterocycles. The summed E-state index contributed by atoms with van der Waals surface area (Å²) in [5.74, 6) is 0.0372. The summed E-state index contributed by atoms with van der Waals surface area (Å²) in [6.07, 6.45) is 2.70. The van der Waals surface area contributed by atoms with Crippen LogP contribution in [0.1, 0.15) is 19.4 Å². The number of hydrogen-bond donors (Lipinski definition) is 1. The fourth-order valence-electron chi connectivity index (χ4n) is 2.90. The highest BCUT2D eigenvalue weighted by Crippen LogP contribution is 2.17. The van der Waals surface area contributed by atoms with Gasteiger partial charge in [-0.15, -0.1) is 0 Å². The maximum Gasteiger partial charge on any atom is 0.242 e. The molecule has 0 radical (unpaired) electrons. The number of fused-ring (bicyclic) bond motifs is 1. The molecule has 3 rings (SSSR count). The summed E-state index contributed by atoms with van der Waals surface area (Å²) >= 11 is 0. The van der Waals surface area contributed by atoms with E-state index in [1.807, 2.05) is 35.8 Å². The standard InChI is InChI=1S/C17H24N4O2/c1-14(21-13-19-15-5-2-3-6-16(15)21)17(22)18-7-4-8-20-9-11-23-12-10-20/h2-3,5-6,13-14H,4,7-12H2,1H3,(H,18,22). The van der Waals surface area contributed by atoms with Crippen molar-refractivity contribution in [2.75, 3.05) is 39.4 Å². The van der Waals surface area contributed by atoms with Crippen molar-refractivity contribution >= 4 is 16.9 Å². The van der Waals surface area contributed by atoms with Gasteiger partial charge in [0.2, 0.25) is 5.91 Å². The quantitative estimate of drug-likeness (QED) is 0.819. The Hall–Kier alpha value is -1.92. The maximum atomic E-state index is 12.3. The number of carbonyl (C=O) groups is 1. The van der Waals surface area contributed by atoms with Crippen molar-refractivity contribution in [3.8, 4) is 0 Å². The Labute approximate surface area is 136 Å². The molecule has 0 aliphatic carbocycles. The maximum absolute atomic E-state index is 12.3. The number of nitrogens with zero attached hydrogens (tertiary/aromatic N) is 3. The third kappa shape index (κ3) is 3.89. The van der Waals surface area contributed by atoms with Gasteiger partial charge in [0.25, 0.3) is 0 Å². The fraction of sp³-hybridized carbons (Fsp3) is 0.529. The zero-order valence-electron chi connectivity index (χ0n) is 13.6. The van der Waals surface area contributed by atoms with E-state index >= 15 is 0 Å². The van der Waals surface area contributed by atoms with Crippen LogP contribution in [-0.4, -0.2) is 59.8 Å². The zero-order chi connectivity index (χ0) is 16.1. The first-order chi connectivity index (χ1) is 11.3. The number of rotatable bonds is 6. The average Bonchev–Trinajstić information content (AvgIpc) is 3.03. The molecule has 1 N–H and O–H groups in total. The lowest BCUT2D eigenvalue weighted by Gasteiger charge is -2.26. The number of ether oxygens (including phenoxy) is 1. The molecule has 1 aromatic heterocycles. The van der Waals surface area contributed by atoms with E-state index in [1.165, 1.54) is 0 Å². The third-order valence-corrected chi connectivity index (χ3v) is 4.33. The SMILES string of the molecule is CC(C(=O)NCCCN1CCOCC1)n1cnc2ccccc21. The van der Waals surface area contributed by atoms with Crippen LogP contribution < -0.4 is 5.32 Å². The Balaban J connectivity index is 1.48. The van der Waals surface area contributed by atoms with E-state index in [4.69, 9.17) is 4.74 Å². The molecular formula is C17H24N4O2. The number of hydrogen-bond acceptors (Lipinski definition) is 4. The van der Waals surface area contributed by atoms with Gasteiger partial charge in [0.05, 0.1) is 30.6 Å². The van der Waals surface area contributed by atoms with Gasteiger partial charge in [-0.25, -0.2) is 4.98 Å². The van der Waals surface area contributed by atoms with Gasteiger partial charge in [-0.2, -0.15) is 0 Å². The summed E-state index contributed by atoms with van der Waals surface area (Å²) < 4.78 is 7.26. The molecule has 0 saturated carbocycles. The Morgan fingerprint density at radius 1 is 1.35 bits per heavy atom. The lowest BCUT2D eigenvalue weighted by molar-refractivity contribution is -0.123. The largest absolute Gasteiger partial charge is 0.379 e. The second kappa shape index (κ2) is 7.57. The summed E-state index contributed by atoms with van der Waals surface area (Å²) in [6, 6.07) is 7.61. The van der Waals surface area contributed by atoms with E-state index in [9.17, 15) is 4.79 Å². The molecule has 1 aliphatic rings. The second-order valence-electron chi connectivity index (χ2n) is 5.92. The molecule has 1 atom stereocenters. The van der Waals surface area contributed by atoms with Gasteiger partial charge >= 0.3 is 0 Å². The molecule has 124 valence electrons. The Morgan fingerprint density at radius 3 is 2.96 bits per heavy atom. The van der Waals surface area contributed by atoms with Crippen LogP contribution in [-0.2, 0) is 9.53 Å². The normalized spacial score (nSPS) is 17.3. The molecule has 1 amide bonds. The first kappa shape index (κ1) is 16.0. The van der Waals surface area contributed by atoms with E-state index < -0.39 is 0 Å². The summed E-state index contributed by atoms with van der Waals surface area (Å²) in [7, 11) is 0. The molecule has 1 aliphatic heterocycles.